The Morgan fingerprint density at radius 2 is 2.00 bits per heavy atom. The van der Waals surface area contributed by atoms with Crippen molar-refractivity contribution in [3.63, 3.8) is 0 Å². The fourth-order valence-electron chi connectivity index (χ4n) is 2.53. The number of fused-ring (bicyclic) bond motifs is 1. The zero-order valence-electron chi connectivity index (χ0n) is 11.2. The first-order valence-electron chi connectivity index (χ1n) is 6.60. The van der Waals surface area contributed by atoms with Crippen LogP contribution < -0.4 is 10.5 Å². The van der Waals surface area contributed by atoms with E-state index in [0.717, 1.165) is 18.6 Å². The molecule has 0 aromatic heterocycles. The number of nitrogens with two attached hydrogens (primary N) is 1. The molecule has 0 spiro atoms. The molecule has 0 radical (unpaired) electrons. The zero-order chi connectivity index (χ0) is 15.0. The summed E-state index contributed by atoms with van der Waals surface area (Å²) >= 11 is 0. The summed E-state index contributed by atoms with van der Waals surface area (Å²) in [5, 5.41) is 0. The highest BCUT2D eigenvalue weighted by atomic mass is 32.2. The van der Waals surface area contributed by atoms with Gasteiger partial charge in [0.05, 0.1) is 10.6 Å². The predicted molar refractivity (Wildman–Crippen MR) is 78.9 cm³/mol. The SMILES string of the molecule is Nc1cc(S(=O)(=O)NCC2Cc3ccccc32)ccc1F. The molecule has 1 aliphatic rings. The van der Waals surface area contributed by atoms with Gasteiger partial charge < -0.3 is 5.73 Å². The number of halogens is 1. The Morgan fingerprint density at radius 3 is 2.71 bits per heavy atom. The maximum Gasteiger partial charge on any atom is 0.240 e. The van der Waals surface area contributed by atoms with Crippen LogP contribution in [0.3, 0.4) is 0 Å². The summed E-state index contributed by atoms with van der Waals surface area (Å²) in [4.78, 5) is -0.0194. The number of hydrogen-bond acceptors (Lipinski definition) is 3. The molecule has 0 saturated heterocycles. The molecular formula is C15H15FN2O2S. The van der Waals surface area contributed by atoms with Crippen molar-refractivity contribution in [3.8, 4) is 0 Å². The molecule has 4 nitrogen and oxygen atoms in total. The van der Waals surface area contributed by atoms with E-state index in [1.807, 2.05) is 24.3 Å². The Bertz CT molecular complexity index is 790. The minimum absolute atomic E-state index is 0.0194. The standard InChI is InChI=1S/C15H15FN2O2S/c16-14-6-5-12(8-15(14)17)21(19,20)18-9-11-7-10-3-1-2-4-13(10)11/h1-6,8,11,18H,7,9,17H2. The molecule has 0 saturated carbocycles. The molecule has 0 amide bonds. The quantitative estimate of drug-likeness (QED) is 0.849. The molecule has 1 unspecified atom stereocenters. The Kier molecular flexibility index (Phi) is 3.43. The van der Waals surface area contributed by atoms with Crippen LogP contribution in [0.4, 0.5) is 10.1 Å². The number of benzene rings is 2. The Morgan fingerprint density at radius 1 is 1.24 bits per heavy atom. The molecular weight excluding hydrogens is 291 g/mol. The maximum atomic E-state index is 13.1. The molecule has 110 valence electrons. The first kappa shape index (κ1) is 14.0. The van der Waals surface area contributed by atoms with Crippen LogP contribution in [-0.2, 0) is 16.4 Å². The van der Waals surface area contributed by atoms with Gasteiger partial charge in [0.2, 0.25) is 10.0 Å². The van der Waals surface area contributed by atoms with Crippen molar-refractivity contribution in [3.05, 3.63) is 59.4 Å². The lowest BCUT2D eigenvalue weighted by atomic mass is 9.78. The van der Waals surface area contributed by atoms with Crippen LogP contribution in [0.25, 0.3) is 0 Å². The molecule has 0 heterocycles. The number of nitrogens with one attached hydrogen (secondary N) is 1. The van der Waals surface area contributed by atoms with Gasteiger partial charge in [0.25, 0.3) is 0 Å². The molecule has 1 atom stereocenters. The molecule has 0 bridgehead atoms. The van der Waals surface area contributed by atoms with Crippen molar-refractivity contribution in [1.29, 1.82) is 0 Å². The van der Waals surface area contributed by atoms with E-state index in [-0.39, 0.29) is 16.5 Å². The first-order chi connectivity index (χ1) is 9.97. The average Bonchev–Trinajstić information content (AvgIpc) is 2.42. The second-order valence-electron chi connectivity index (χ2n) is 5.14. The molecule has 21 heavy (non-hydrogen) atoms. The third-order valence-electron chi connectivity index (χ3n) is 3.76. The van der Waals surface area contributed by atoms with E-state index >= 15 is 0 Å². The number of anilines is 1. The fraction of sp³-hybridized carbons (Fsp3) is 0.200. The second-order valence-corrected chi connectivity index (χ2v) is 6.90. The van der Waals surface area contributed by atoms with E-state index in [9.17, 15) is 12.8 Å². The lowest BCUT2D eigenvalue weighted by Crippen LogP contribution is -2.33. The lowest BCUT2D eigenvalue weighted by molar-refractivity contribution is 0.551. The summed E-state index contributed by atoms with van der Waals surface area (Å²) < 4.78 is 40.0. The zero-order valence-corrected chi connectivity index (χ0v) is 12.0. The highest BCUT2D eigenvalue weighted by molar-refractivity contribution is 7.89. The fourth-order valence-corrected chi connectivity index (χ4v) is 3.64. The topological polar surface area (TPSA) is 72.2 Å². The van der Waals surface area contributed by atoms with Crippen LogP contribution in [0.5, 0.6) is 0 Å². The molecule has 0 fully saturated rings. The second kappa shape index (κ2) is 5.13. The number of sulfonamides is 1. The van der Waals surface area contributed by atoms with Crippen LogP contribution >= 0.6 is 0 Å². The largest absolute Gasteiger partial charge is 0.396 e. The Balaban J connectivity index is 1.72. The van der Waals surface area contributed by atoms with Gasteiger partial charge in [-0.1, -0.05) is 24.3 Å². The van der Waals surface area contributed by atoms with E-state index in [1.54, 1.807) is 0 Å². The van der Waals surface area contributed by atoms with Gasteiger partial charge >= 0.3 is 0 Å². The smallest absolute Gasteiger partial charge is 0.240 e. The van der Waals surface area contributed by atoms with Gasteiger partial charge in [0.15, 0.2) is 0 Å². The minimum atomic E-state index is -3.67. The average molecular weight is 306 g/mol. The highest BCUT2D eigenvalue weighted by Crippen LogP contribution is 2.34. The third-order valence-corrected chi connectivity index (χ3v) is 5.18. The van der Waals surface area contributed by atoms with Crippen LogP contribution in [0, 0.1) is 5.82 Å². The van der Waals surface area contributed by atoms with E-state index in [0.29, 0.717) is 6.54 Å². The molecule has 1 aliphatic carbocycles. The maximum absolute atomic E-state index is 13.1. The summed E-state index contributed by atoms with van der Waals surface area (Å²) in [5.41, 5.74) is 7.67. The number of rotatable bonds is 4. The first-order valence-corrected chi connectivity index (χ1v) is 8.08. The Hall–Kier alpha value is -1.92. The summed E-state index contributed by atoms with van der Waals surface area (Å²) in [6.07, 6.45) is 0.865. The predicted octanol–water partition coefficient (Wildman–Crippen LogP) is 2.03. The summed E-state index contributed by atoms with van der Waals surface area (Å²) in [7, 11) is -3.67. The van der Waals surface area contributed by atoms with Crippen molar-refractivity contribution in [2.45, 2.75) is 17.2 Å². The summed E-state index contributed by atoms with van der Waals surface area (Å²) in [5.74, 6) is -0.435. The molecule has 0 aliphatic heterocycles. The van der Waals surface area contributed by atoms with Crippen LogP contribution in [-0.4, -0.2) is 15.0 Å². The molecule has 3 rings (SSSR count). The van der Waals surface area contributed by atoms with Gasteiger partial charge in [-0.05, 0) is 35.7 Å². The van der Waals surface area contributed by atoms with Gasteiger partial charge in [0, 0.05) is 12.5 Å². The third kappa shape index (κ3) is 2.64. The van der Waals surface area contributed by atoms with Gasteiger partial charge in [-0.3, -0.25) is 0 Å². The van der Waals surface area contributed by atoms with Gasteiger partial charge in [0.1, 0.15) is 5.82 Å². The monoisotopic (exact) mass is 306 g/mol. The van der Waals surface area contributed by atoms with E-state index in [2.05, 4.69) is 4.72 Å². The van der Waals surface area contributed by atoms with Crippen molar-refractivity contribution in [2.75, 3.05) is 12.3 Å². The summed E-state index contributed by atoms with van der Waals surface area (Å²) in [6.45, 7) is 0.330. The van der Waals surface area contributed by atoms with Gasteiger partial charge in [-0.2, -0.15) is 0 Å². The van der Waals surface area contributed by atoms with Crippen LogP contribution in [0.2, 0.25) is 0 Å². The van der Waals surface area contributed by atoms with Crippen LogP contribution in [0.15, 0.2) is 47.4 Å². The number of nitrogen functional groups attached to an aromatic ring is 1. The van der Waals surface area contributed by atoms with Crippen molar-refractivity contribution in [2.24, 2.45) is 0 Å². The van der Waals surface area contributed by atoms with Gasteiger partial charge in [-0.15, -0.1) is 0 Å². The molecule has 6 heteroatoms. The normalized spacial score (nSPS) is 17.1. The van der Waals surface area contributed by atoms with Crippen molar-refractivity contribution in [1.82, 2.24) is 4.72 Å². The van der Waals surface area contributed by atoms with Crippen LogP contribution in [0.1, 0.15) is 17.0 Å². The molecule has 3 N–H and O–H groups in total. The minimum Gasteiger partial charge on any atom is -0.396 e. The lowest BCUT2D eigenvalue weighted by Gasteiger charge is -2.30. The van der Waals surface area contributed by atoms with Crippen molar-refractivity contribution < 1.29 is 12.8 Å². The molecule has 2 aromatic carbocycles. The highest BCUT2D eigenvalue weighted by Gasteiger charge is 2.27. The van der Waals surface area contributed by atoms with Gasteiger partial charge in [-0.25, -0.2) is 17.5 Å². The van der Waals surface area contributed by atoms with Crippen molar-refractivity contribution >= 4 is 15.7 Å². The summed E-state index contributed by atoms with van der Waals surface area (Å²) in [6, 6.07) is 11.4. The van der Waals surface area contributed by atoms with E-state index in [1.165, 1.54) is 17.2 Å². The number of hydrogen-bond donors (Lipinski definition) is 2. The van der Waals surface area contributed by atoms with E-state index in [4.69, 9.17) is 5.73 Å². The Labute approximate surface area is 122 Å². The molecule has 2 aromatic rings. The van der Waals surface area contributed by atoms with E-state index < -0.39 is 15.8 Å².